The molecule has 0 spiro atoms. The third kappa shape index (κ3) is 4.16. The van der Waals surface area contributed by atoms with Crippen molar-refractivity contribution < 1.29 is 17.2 Å². The third-order valence-corrected chi connectivity index (χ3v) is 8.74. The highest BCUT2D eigenvalue weighted by molar-refractivity contribution is 7.90. The smallest absolute Gasteiger partial charge is 0.274 e. The van der Waals surface area contributed by atoms with Gasteiger partial charge in [-0.2, -0.15) is 5.10 Å². The summed E-state index contributed by atoms with van der Waals surface area (Å²) in [7, 11) is -2.03. The zero-order valence-electron chi connectivity index (χ0n) is 21.4. The first-order valence-electron chi connectivity index (χ1n) is 11.9. The van der Waals surface area contributed by atoms with E-state index >= 15 is 8.78 Å². The molecule has 11 heteroatoms. The van der Waals surface area contributed by atoms with Gasteiger partial charge in [-0.1, -0.05) is 17.7 Å². The summed E-state index contributed by atoms with van der Waals surface area (Å²) < 4.78 is 58.1. The van der Waals surface area contributed by atoms with Gasteiger partial charge in [0, 0.05) is 36.5 Å². The standard InChI is InChI=1S/C27H25ClF2N4O3S/c1-13-11-31-25(16-7-6-8-21(23(16)29)38(5,36)37)24(30)26(13)34-14(2)9-19(22(28)27(34)35)17-10-18(17)20-12-32-33(4)15(20)3/h6-9,11-12,17-18H,10H2,1-5H3/t17-,18-/m0/s1. The average Bonchev–Trinajstić information content (AvgIpc) is 3.56. The van der Waals surface area contributed by atoms with Crippen LogP contribution in [0, 0.1) is 32.4 Å². The van der Waals surface area contributed by atoms with Crippen LogP contribution in [-0.2, 0) is 16.9 Å². The first-order valence-corrected chi connectivity index (χ1v) is 14.1. The zero-order chi connectivity index (χ0) is 27.7. The average molecular weight is 559 g/mol. The second-order valence-electron chi connectivity index (χ2n) is 9.80. The molecule has 0 radical (unpaired) electrons. The monoisotopic (exact) mass is 558 g/mol. The molecule has 3 heterocycles. The minimum absolute atomic E-state index is 0.00735. The third-order valence-electron chi connectivity index (χ3n) is 7.24. The molecule has 5 rings (SSSR count). The van der Waals surface area contributed by atoms with Gasteiger partial charge >= 0.3 is 0 Å². The fourth-order valence-electron chi connectivity index (χ4n) is 5.05. The van der Waals surface area contributed by atoms with Gasteiger partial charge in [0.15, 0.2) is 21.5 Å². The number of halogens is 3. The zero-order valence-corrected chi connectivity index (χ0v) is 23.0. The highest BCUT2D eigenvalue weighted by Crippen LogP contribution is 2.56. The molecule has 0 N–H and O–H groups in total. The van der Waals surface area contributed by atoms with Crippen LogP contribution in [0.5, 0.6) is 0 Å². The molecule has 3 aromatic heterocycles. The Balaban J connectivity index is 1.63. The minimum atomic E-state index is -3.90. The summed E-state index contributed by atoms with van der Waals surface area (Å²) in [6.45, 7) is 5.25. The van der Waals surface area contributed by atoms with Gasteiger partial charge in [0.05, 0.1) is 11.9 Å². The maximum Gasteiger partial charge on any atom is 0.274 e. The number of sulfone groups is 1. The van der Waals surface area contributed by atoms with E-state index in [1.54, 1.807) is 24.6 Å². The molecule has 2 atom stereocenters. The number of pyridine rings is 2. The lowest BCUT2D eigenvalue weighted by Crippen LogP contribution is -2.24. The van der Waals surface area contributed by atoms with E-state index < -0.39 is 37.6 Å². The van der Waals surface area contributed by atoms with Crippen molar-refractivity contribution in [3.63, 3.8) is 0 Å². The highest BCUT2D eigenvalue weighted by atomic mass is 35.5. The largest absolute Gasteiger partial charge is 0.277 e. The van der Waals surface area contributed by atoms with Gasteiger partial charge < -0.3 is 0 Å². The molecule has 1 aliphatic rings. The maximum atomic E-state index is 16.0. The summed E-state index contributed by atoms with van der Waals surface area (Å²) in [5.41, 5.74) is 2.18. The molecule has 0 aliphatic heterocycles. The van der Waals surface area contributed by atoms with E-state index in [1.165, 1.54) is 18.3 Å². The van der Waals surface area contributed by atoms with Crippen LogP contribution in [0.2, 0.25) is 5.02 Å². The molecule has 0 saturated heterocycles. The lowest BCUT2D eigenvalue weighted by molar-refractivity contribution is 0.569. The summed E-state index contributed by atoms with van der Waals surface area (Å²) in [6, 6.07) is 5.44. The molecule has 4 aromatic rings. The van der Waals surface area contributed by atoms with Crippen molar-refractivity contribution in [3.8, 4) is 16.9 Å². The van der Waals surface area contributed by atoms with Crippen molar-refractivity contribution in [1.82, 2.24) is 19.3 Å². The van der Waals surface area contributed by atoms with Crippen LogP contribution in [0.1, 0.15) is 46.3 Å². The normalized spacial score (nSPS) is 17.2. The molecular formula is C27H25ClF2N4O3S. The predicted molar refractivity (Wildman–Crippen MR) is 141 cm³/mol. The Morgan fingerprint density at radius 1 is 1.05 bits per heavy atom. The summed E-state index contributed by atoms with van der Waals surface area (Å²) in [4.78, 5) is 17.0. The van der Waals surface area contributed by atoms with Crippen LogP contribution < -0.4 is 5.56 Å². The molecule has 0 unspecified atom stereocenters. The van der Waals surface area contributed by atoms with Crippen molar-refractivity contribution in [2.24, 2.45) is 7.05 Å². The molecule has 0 bridgehead atoms. The summed E-state index contributed by atoms with van der Waals surface area (Å²) in [5, 5.41) is 4.30. The van der Waals surface area contributed by atoms with E-state index in [9.17, 15) is 13.2 Å². The van der Waals surface area contributed by atoms with E-state index in [0.29, 0.717) is 16.8 Å². The summed E-state index contributed by atoms with van der Waals surface area (Å²) in [6.07, 6.45) is 4.83. The fraction of sp³-hybridized carbons (Fsp3) is 0.296. The molecule has 0 amide bonds. The van der Waals surface area contributed by atoms with Crippen LogP contribution >= 0.6 is 11.6 Å². The second kappa shape index (κ2) is 9.13. The lowest BCUT2D eigenvalue weighted by Gasteiger charge is -2.18. The van der Waals surface area contributed by atoms with Crippen molar-refractivity contribution in [2.75, 3.05) is 6.26 Å². The number of rotatable bonds is 5. The molecule has 1 fully saturated rings. The van der Waals surface area contributed by atoms with Crippen LogP contribution in [0.25, 0.3) is 16.9 Å². The number of benzene rings is 1. The number of hydrogen-bond donors (Lipinski definition) is 0. The Labute approximate surface area is 223 Å². The SMILES string of the molecule is Cc1cnc(-c2cccc(S(C)(=O)=O)c2F)c(F)c1-n1c(C)cc([C@H]2C[C@@H]2c2cnn(C)c2C)c(Cl)c1=O. The van der Waals surface area contributed by atoms with Gasteiger partial charge in [-0.15, -0.1) is 0 Å². The Kier molecular flexibility index (Phi) is 6.30. The Morgan fingerprint density at radius 3 is 2.37 bits per heavy atom. The lowest BCUT2D eigenvalue weighted by atomic mass is 10.0. The number of aryl methyl sites for hydroxylation is 3. The first-order chi connectivity index (χ1) is 17.8. The highest BCUT2D eigenvalue weighted by Gasteiger charge is 2.43. The van der Waals surface area contributed by atoms with E-state index in [-0.39, 0.29) is 28.1 Å². The molecule has 1 aliphatic carbocycles. The van der Waals surface area contributed by atoms with Crippen LogP contribution in [0.3, 0.4) is 0 Å². The van der Waals surface area contributed by atoms with Crippen LogP contribution in [0.15, 0.2) is 46.3 Å². The Bertz CT molecular complexity index is 1800. The maximum absolute atomic E-state index is 16.0. The van der Waals surface area contributed by atoms with Gasteiger partial charge in [-0.05, 0) is 73.9 Å². The van der Waals surface area contributed by atoms with Gasteiger partial charge in [0.1, 0.15) is 15.6 Å². The molecule has 1 aromatic carbocycles. The topological polar surface area (TPSA) is 86.8 Å². The van der Waals surface area contributed by atoms with Gasteiger partial charge in [0.2, 0.25) is 0 Å². The quantitative estimate of drug-likeness (QED) is 0.337. The summed E-state index contributed by atoms with van der Waals surface area (Å²) >= 11 is 6.59. The van der Waals surface area contributed by atoms with Crippen LogP contribution in [-0.4, -0.2) is 34.0 Å². The first kappa shape index (κ1) is 26.2. The van der Waals surface area contributed by atoms with E-state index in [0.717, 1.165) is 34.6 Å². The van der Waals surface area contributed by atoms with Crippen LogP contribution in [0.4, 0.5) is 8.78 Å². The fourth-order valence-corrected chi connectivity index (χ4v) is 6.09. The Hall–Kier alpha value is -3.37. The van der Waals surface area contributed by atoms with Gasteiger partial charge in [-0.25, -0.2) is 17.2 Å². The van der Waals surface area contributed by atoms with Crippen molar-refractivity contribution in [1.29, 1.82) is 0 Å². The summed E-state index contributed by atoms with van der Waals surface area (Å²) in [5.74, 6) is -1.84. The van der Waals surface area contributed by atoms with Crippen molar-refractivity contribution >= 4 is 21.4 Å². The van der Waals surface area contributed by atoms with Gasteiger partial charge in [-0.3, -0.25) is 19.0 Å². The van der Waals surface area contributed by atoms with Crippen molar-refractivity contribution in [2.45, 2.75) is 43.9 Å². The number of aromatic nitrogens is 4. The molecule has 38 heavy (non-hydrogen) atoms. The van der Waals surface area contributed by atoms with E-state index in [2.05, 4.69) is 10.1 Å². The van der Waals surface area contributed by atoms with E-state index in [4.69, 9.17) is 11.6 Å². The molecule has 1 saturated carbocycles. The minimum Gasteiger partial charge on any atom is -0.277 e. The number of hydrogen-bond acceptors (Lipinski definition) is 5. The predicted octanol–water partition coefficient (Wildman–Crippen LogP) is 5.16. The second-order valence-corrected chi connectivity index (χ2v) is 12.2. The molecular weight excluding hydrogens is 534 g/mol. The molecule has 7 nitrogen and oxygen atoms in total. The van der Waals surface area contributed by atoms with Gasteiger partial charge in [0.25, 0.3) is 5.56 Å². The van der Waals surface area contributed by atoms with Crippen molar-refractivity contribution in [3.05, 3.63) is 91.7 Å². The number of nitrogens with zero attached hydrogens (tertiary/aromatic N) is 4. The Morgan fingerprint density at radius 2 is 1.74 bits per heavy atom. The molecule has 198 valence electrons. The van der Waals surface area contributed by atoms with E-state index in [1.807, 2.05) is 20.2 Å².